The molecule has 1 amide bonds. The first-order chi connectivity index (χ1) is 12.2. The molecule has 1 N–H and O–H groups in total. The lowest BCUT2D eigenvalue weighted by molar-refractivity contribution is -0.118. The van der Waals surface area contributed by atoms with E-state index in [-0.39, 0.29) is 11.7 Å². The molecule has 0 aliphatic carbocycles. The number of rotatable bonds is 6. The van der Waals surface area contributed by atoms with Gasteiger partial charge in [-0.05, 0) is 42.0 Å². The number of aromatic nitrogens is 1. The highest BCUT2D eigenvalue weighted by atomic mass is 32.2. The van der Waals surface area contributed by atoms with Gasteiger partial charge in [0.25, 0.3) is 0 Å². The molecule has 0 bridgehead atoms. The molecule has 2 aromatic carbocycles. The summed E-state index contributed by atoms with van der Waals surface area (Å²) in [5.41, 5.74) is 4.32. The van der Waals surface area contributed by atoms with Gasteiger partial charge in [0.2, 0.25) is 5.91 Å². The Hall–Kier alpha value is -2.86. The van der Waals surface area contributed by atoms with E-state index >= 15 is 0 Å². The van der Waals surface area contributed by atoms with Crippen molar-refractivity contribution in [1.82, 2.24) is 10.4 Å². The molecule has 1 aromatic heterocycles. The zero-order chi connectivity index (χ0) is 17.5. The summed E-state index contributed by atoms with van der Waals surface area (Å²) in [5.74, 6) is 0.857. The predicted molar refractivity (Wildman–Crippen MR) is 101 cm³/mol. The van der Waals surface area contributed by atoms with E-state index in [1.54, 1.807) is 13.3 Å². The lowest BCUT2D eigenvalue weighted by atomic mass is 10.2. The van der Waals surface area contributed by atoms with Crippen LogP contribution in [0, 0.1) is 0 Å². The van der Waals surface area contributed by atoms with Crippen molar-refractivity contribution in [3.8, 4) is 5.75 Å². The summed E-state index contributed by atoms with van der Waals surface area (Å²) in [4.78, 5) is 16.4. The third-order valence-corrected chi connectivity index (χ3v) is 4.37. The SMILES string of the molecule is COc1ccc(/C=N\NC(=O)CSc2ccc3ccccc3n2)cc1. The third kappa shape index (κ3) is 4.81. The number of para-hydroxylation sites is 1. The van der Waals surface area contributed by atoms with Crippen LogP contribution >= 0.6 is 11.8 Å². The number of fused-ring (bicyclic) bond motifs is 1. The summed E-state index contributed by atoms with van der Waals surface area (Å²) in [6.07, 6.45) is 1.59. The monoisotopic (exact) mass is 351 g/mol. The fourth-order valence-electron chi connectivity index (χ4n) is 2.17. The number of carbonyl (C=O) groups is 1. The van der Waals surface area contributed by atoms with E-state index in [1.165, 1.54) is 11.8 Å². The summed E-state index contributed by atoms with van der Waals surface area (Å²) in [6.45, 7) is 0. The molecular formula is C19H17N3O2S. The van der Waals surface area contributed by atoms with Gasteiger partial charge in [0.15, 0.2) is 0 Å². The quantitative estimate of drug-likeness (QED) is 0.419. The van der Waals surface area contributed by atoms with Crippen molar-refractivity contribution < 1.29 is 9.53 Å². The number of hydrogen-bond donors (Lipinski definition) is 1. The summed E-state index contributed by atoms with van der Waals surface area (Å²) >= 11 is 1.38. The zero-order valence-corrected chi connectivity index (χ0v) is 14.5. The van der Waals surface area contributed by atoms with Gasteiger partial charge < -0.3 is 4.74 Å². The van der Waals surface area contributed by atoms with Gasteiger partial charge in [0, 0.05) is 5.39 Å². The molecule has 0 radical (unpaired) electrons. The molecule has 1 heterocycles. The number of thioether (sulfide) groups is 1. The van der Waals surface area contributed by atoms with Crippen molar-refractivity contribution in [3.05, 3.63) is 66.2 Å². The van der Waals surface area contributed by atoms with Crippen LogP contribution < -0.4 is 10.2 Å². The summed E-state index contributed by atoms with van der Waals surface area (Å²) in [6, 6.07) is 19.2. The minimum absolute atomic E-state index is 0.176. The van der Waals surface area contributed by atoms with E-state index in [0.29, 0.717) is 0 Å². The number of hydrogen-bond acceptors (Lipinski definition) is 5. The van der Waals surface area contributed by atoms with Crippen molar-refractivity contribution >= 4 is 34.8 Å². The van der Waals surface area contributed by atoms with Gasteiger partial charge in [-0.15, -0.1) is 0 Å². The average Bonchev–Trinajstić information content (AvgIpc) is 2.67. The number of benzene rings is 2. The smallest absolute Gasteiger partial charge is 0.250 e. The van der Waals surface area contributed by atoms with Gasteiger partial charge in [-0.25, -0.2) is 10.4 Å². The van der Waals surface area contributed by atoms with E-state index in [1.807, 2.05) is 60.7 Å². The van der Waals surface area contributed by atoms with Crippen LogP contribution in [0.15, 0.2) is 70.8 Å². The van der Waals surface area contributed by atoms with Crippen molar-refractivity contribution in [3.63, 3.8) is 0 Å². The molecule has 0 aliphatic rings. The van der Waals surface area contributed by atoms with Gasteiger partial charge in [-0.1, -0.05) is 36.0 Å². The Balaban J connectivity index is 1.50. The van der Waals surface area contributed by atoms with Crippen LogP contribution in [0.1, 0.15) is 5.56 Å². The summed E-state index contributed by atoms with van der Waals surface area (Å²) in [7, 11) is 1.62. The Bertz CT molecular complexity index is 895. The summed E-state index contributed by atoms with van der Waals surface area (Å²) < 4.78 is 5.09. The molecule has 126 valence electrons. The lowest BCUT2D eigenvalue weighted by Crippen LogP contribution is -2.19. The fourth-order valence-corrected chi connectivity index (χ4v) is 2.84. The maximum atomic E-state index is 11.9. The van der Waals surface area contributed by atoms with Crippen molar-refractivity contribution in [1.29, 1.82) is 0 Å². The number of nitrogens with one attached hydrogen (secondary N) is 1. The van der Waals surface area contributed by atoms with Crippen LogP contribution in [0.2, 0.25) is 0 Å². The predicted octanol–water partition coefficient (Wildman–Crippen LogP) is 3.49. The highest BCUT2D eigenvalue weighted by Crippen LogP contribution is 2.19. The topological polar surface area (TPSA) is 63.6 Å². The molecule has 3 aromatic rings. The van der Waals surface area contributed by atoms with E-state index in [0.717, 1.165) is 27.2 Å². The van der Waals surface area contributed by atoms with E-state index < -0.39 is 0 Å². The molecule has 0 saturated carbocycles. The Labute approximate surface area is 150 Å². The molecule has 0 unspecified atom stereocenters. The lowest BCUT2D eigenvalue weighted by Gasteiger charge is -2.02. The molecule has 0 aliphatic heterocycles. The third-order valence-electron chi connectivity index (χ3n) is 3.44. The maximum absolute atomic E-state index is 11.9. The van der Waals surface area contributed by atoms with Gasteiger partial charge >= 0.3 is 0 Å². The maximum Gasteiger partial charge on any atom is 0.250 e. The van der Waals surface area contributed by atoms with Crippen molar-refractivity contribution in [2.24, 2.45) is 5.10 Å². The molecule has 0 atom stereocenters. The van der Waals surface area contributed by atoms with Crippen LogP contribution in [0.25, 0.3) is 10.9 Å². The highest BCUT2D eigenvalue weighted by Gasteiger charge is 2.03. The molecule has 0 fully saturated rings. The van der Waals surface area contributed by atoms with Crippen LogP contribution in [0.5, 0.6) is 5.75 Å². The molecular weight excluding hydrogens is 334 g/mol. The zero-order valence-electron chi connectivity index (χ0n) is 13.7. The number of ether oxygens (including phenoxy) is 1. The van der Waals surface area contributed by atoms with E-state index in [4.69, 9.17) is 4.74 Å². The minimum atomic E-state index is -0.176. The number of hydrazone groups is 1. The van der Waals surface area contributed by atoms with Crippen LogP contribution in [-0.2, 0) is 4.79 Å². The van der Waals surface area contributed by atoms with Gasteiger partial charge in [0.1, 0.15) is 5.75 Å². The molecule has 0 spiro atoms. The number of pyridine rings is 1. The molecule has 5 nitrogen and oxygen atoms in total. The Morgan fingerprint density at radius 3 is 2.76 bits per heavy atom. The number of carbonyl (C=O) groups excluding carboxylic acids is 1. The van der Waals surface area contributed by atoms with E-state index in [9.17, 15) is 4.79 Å². The second kappa shape index (κ2) is 8.30. The second-order valence-electron chi connectivity index (χ2n) is 5.20. The van der Waals surface area contributed by atoms with Crippen molar-refractivity contribution in [2.75, 3.05) is 12.9 Å². The normalized spacial score (nSPS) is 10.9. The average molecular weight is 351 g/mol. The first-order valence-corrected chi connectivity index (χ1v) is 8.68. The van der Waals surface area contributed by atoms with Crippen molar-refractivity contribution in [2.45, 2.75) is 5.03 Å². The number of amides is 1. The largest absolute Gasteiger partial charge is 0.497 e. The van der Waals surface area contributed by atoms with E-state index in [2.05, 4.69) is 15.5 Å². The number of methoxy groups -OCH3 is 1. The standard InChI is InChI=1S/C19H17N3O2S/c1-24-16-9-6-14(7-10-16)12-20-22-18(23)13-25-19-11-8-15-4-2-3-5-17(15)21-19/h2-12H,13H2,1H3,(H,22,23)/b20-12-. The van der Waals surface area contributed by atoms with Gasteiger partial charge in [0.05, 0.1) is 29.6 Å². The highest BCUT2D eigenvalue weighted by molar-refractivity contribution is 7.99. The van der Waals surface area contributed by atoms with Crippen LogP contribution in [-0.4, -0.2) is 30.0 Å². The minimum Gasteiger partial charge on any atom is -0.497 e. The first-order valence-electron chi connectivity index (χ1n) is 7.69. The van der Waals surface area contributed by atoms with Crippen LogP contribution in [0.3, 0.4) is 0 Å². The molecule has 0 saturated heterocycles. The Kier molecular flexibility index (Phi) is 5.64. The Morgan fingerprint density at radius 1 is 1.16 bits per heavy atom. The number of nitrogens with zero attached hydrogens (tertiary/aromatic N) is 2. The molecule has 25 heavy (non-hydrogen) atoms. The molecule has 6 heteroatoms. The van der Waals surface area contributed by atoms with Gasteiger partial charge in [-0.3, -0.25) is 4.79 Å². The van der Waals surface area contributed by atoms with Crippen LogP contribution in [0.4, 0.5) is 0 Å². The first kappa shape index (κ1) is 17.0. The summed E-state index contributed by atoms with van der Waals surface area (Å²) in [5, 5.41) is 5.86. The van der Waals surface area contributed by atoms with Gasteiger partial charge in [-0.2, -0.15) is 5.10 Å². The second-order valence-corrected chi connectivity index (χ2v) is 6.19. The molecule has 3 rings (SSSR count). The Morgan fingerprint density at radius 2 is 1.96 bits per heavy atom. The fraction of sp³-hybridized carbons (Fsp3) is 0.105.